The summed E-state index contributed by atoms with van der Waals surface area (Å²) in [5.74, 6) is 1.51. The van der Waals surface area contributed by atoms with E-state index < -0.39 is 0 Å². The van der Waals surface area contributed by atoms with Crippen molar-refractivity contribution in [1.82, 2.24) is 19.4 Å². The highest BCUT2D eigenvalue weighted by Crippen LogP contribution is 2.34. The molecule has 35 heavy (non-hydrogen) atoms. The number of carbonyl (C=O) groups is 1. The van der Waals surface area contributed by atoms with E-state index in [9.17, 15) is 9.90 Å². The van der Waals surface area contributed by atoms with Crippen LogP contribution in [0.3, 0.4) is 0 Å². The van der Waals surface area contributed by atoms with Crippen LogP contribution in [-0.4, -0.2) is 36.5 Å². The number of nitrogen functional groups attached to an aromatic ring is 1. The molecule has 4 aromatic rings. The molecule has 2 aliphatic carbocycles. The molecule has 0 bridgehead atoms. The number of hydrogen-bond acceptors (Lipinski definition) is 7. The third-order valence-corrected chi connectivity index (χ3v) is 8.22. The van der Waals surface area contributed by atoms with Gasteiger partial charge in [0, 0.05) is 28.1 Å². The van der Waals surface area contributed by atoms with Gasteiger partial charge in [0.2, 0.25) is 0 Å². The van der Waals surface area contributed by atoms with Gasteiger partial charge >= 0.3 is 0 Å². The Hall–Kier alpha value is -3.30. The maximum atomic E-state index is 12.8. The van der Waals surface area contributed by atoms with Crippen LogP contribution in [0.25, 0.3) is 16.8 Å². The molecule has 4 N–H and O–H groups in total. The molecule has 8 nitrogen and oxygen atoms in total. The first-order valence-corrected chi connectivity index (χ1v) is 13.1. The molecule has 6 rings (SSSR count). The van der Waals surface area contributed by atoms with Crippen LogP contribution in [0.5, 0.6) is 0 Å². The fourth-order valence-corrected chi connectivity index (χ4v) is 6.23. The van der Waals surface area contributed by atoms with Crippen LogP contribution < -0.4 is 11.1 Å². The maximum Gasteiger partial charge on any atom is 0.257 e. The molecule has 180 valence electrons. The second-order valence-electron chi connectivity index (χ2n) is 9.52. The highest BCUT2D eigenvalue weighted by molar-refractivity contribution is 7.15. The Labute approximate surface area is 207 Å². The van der Waals surface area contributed by atoms with Gasteiger partial charge in [0.05, 0.1) is 23.7 Å². The molecule has 3 aromatic heterocycles. The number of nitrogens with one attached hydrogen (secondary N) is 1. The SMILES string of the molecule is Nc1nc(-c2ccc(C(=O)Nc3nc4c(s3)CCCC4)cc2)cn2c(C3CCC(O)CC3)ncc12. The van der Waals surface area contributed by atoms with Gasteiger partial charge in [-0.3, -0.25) is 14.5 Å². The van der Waals surface area contributed by atoms with Gasteiger partial charge in [0.25, 0.3) is 5.91 Å². The number of aliphatic hydroxyl groups is 1. The summed E-state index contributed by atoms with van der Waals surface area (Å²) < 4.78 is 2.03. The first kappa shape index (κ1) is 22.2. The van der Waals surface area contributed by atoms with E-state index >= 15 is 0 Å². The zero-order valence-corrected chi connectivity index (χ0v) is 20.2. The third-order valence-electron chi connectivity index (χ3n) is 7.15. The van der Waals surface area contributed by atoms with E-state index in [0.717, 1.165) is 66.8 Å². The van der Waals surface area contributed by atoms with E-state index in [0.29, 0.717) is 16.5 Å². The fourth-order valence-electron chi connectivity index (χ4n) is 5.18. The molecule has 0 saturated heterocycles. The largest absolute Gasteiger partial charge is 0.393 e. The van der Waals surface area contributed by atoms with Gasteiger partial charge in [-0.1, -0.05) is 12.1 Å². The average Bonchev–Trinajstić information content (AvgIpc) is 3.48. The van der Waals surface area contributed by atoms with E-state index in [-0.39, 0.29) is 17.9 Å². The molecule has 1 amide bonds. The standard InChI is InChI=1S/C26H28N6O2S/c27-23-21-13-28-24(16-9-11-18(33)12-10-16)32(21)14-20(29-23)15-5-7-17(8-6-15)25(34)31-26-30-19-3-1-2-4-22(19)35-26/h5-8,13-14,16,18,33H,1-4,9-12H2,(H2,27,29)(H,30,31,34). The molecule has 0 unspecified atom stereocenters. The topological polar surface area (TPSA) is 118 Å². The smallest absolute Gasteiger partial charge is 0.257 e. The number of benzene rings is 1. The van der Waals surface area contributed by atoms with Crippen LogP contribution in [0, 0.1) is 0 Å². The van der Waals surface area contributed by atoms with Crippen molar-refractivity contribution in [3.8, 4) is 11.3 Å². The van der Waals surface area contributed by atoms with Crippen LogP contribution in [0.2, 0.25) is 0 Å². The average molecular weight is 489 g/mol. The summed E-state index contributed by atoms with van der Waals surface area (Å²) in [5.41, 5.74) is 10.4. The summed E-state index contributed by atoms with van der Waals surface area (Å²) in [6.07, 6.45) is 11.3. The summed E-state index contributed by atoms with van der Waals surface area (Å²) in [6, 6.07) is 7.39. The van der Waals surface area contributed by atoms with Gasteiger partial charge in [0.15, 0.2) is 5.13 Å². The zero-order chi connectivity index (χ0) is 23.9. The molecular weight excluding hydrogens is 460 g/mol. The predicted molar refractivity (Wildman–Crippen MR) is 137 cm³/mol. The summed E-state index contributed by atoms with van der Waals surface area (Å²) in [6.45, 7) is 0. The Morgan fingerprint density at radius 1 is 1.09 bits per heavy atom. The Balaban J connectivity index is 1.23. The fraction of sp³-hybridized carbons (Fsp3) is 0.385. The normalized spacial score (nSPS) is 20.0. The van der Waals surface area contributed by atoms with E-state index in [1.807, 2.05) is 22.7 Å². The number of aryl methyl sites for hydroxylation is 2. The van der Waals surface area contributed by atoms with Crippen molar-refractivity contribution in [2.24, 2.45) is 0 Å². The summed E-state index contributed by atoms with van der Waals surface area (Å²) in [5, 5.41) is 13.5. The first-order chi connectivity index (χ1) is 17.0. The number of aliphatic hydroxyl groups excluding tert-OH is 1. The minimum absolute atomic E-state index is 0.165. The molecule has 1 fully saturated rings. The monoisotopic (exact) mass is 488 g/mol. The van der Waals surface area contributed by atoms with Crippen molar-refractivity contribution in [3.63, 3.8) is 0 Å². The lowest BCUT2D eigenvalue weighted by molar-refractivity contribution is 0.102. The lowest BCUT2D eigenvalue weighted by atomic mass is 9.87. The van der Waals surface area contributed by atoms with E-state index in [1.54, 1.807) is 29.7 Å². The Kier molecular flexibility index (Phi) is 5.74. The molecule has 0 aliphatic heterocycles. The summed E-state index contributed by atoms with van der Waals surface area (Å²) in [4.78, 5) is 27.9. The molecule has 0 spiro atoms. The van der Waals surface area contributed by atoms with Crippen LogP contribution in [0.1, 0.15) is 71.2 Å². The highest BCUT2D eigenvalue weighted by atomic mass is 32.1. The van der Waals surface area contributed by atoms with Gasteiger partial charge in [0.1, 0.15) is 17.2 Å². The van der Waals surface area contributed by atoms with Crippen LogP contribution in [0.15, 0.2) is 36.7 Å². The molecule has 0 radical (unpaired) electrons. The number of thiazole rings is 1. The Bertz CT molecular complexity index is 1360. The maximum absolute atomic E-state index is 12.8. The third kappa shape index (κ3) is 4.30. The molecule has 9 heteroatoms. The molecular formula is C26H28N6O2S. The second kappa shape index (κ2) is 9.05. The summed E-state index contributed by atoms with van der Waals surface area (Å²) in [7, 11) is 0. The number of amides is 1. The molecule has 1 saturated carbocycles. The number of fused-ring (bicyclic) bond motifs is 2. The number of nitrogens with zero attached hydrogens (tertiary/aromatic N) is 4. The minimum atomic E-state index is -0.212. The number of imidazole rings is 1. The van der Waals surface area contributed by atoms with Gasteiger partial charge in [-0.2, -0.15) is 0 Å². The number of hydrogen-bond donors (Lipinski definition) is 3. The summed E-state index contributed by atoms with van der Waals surface area (Å²) >= 11 is 1.59. The van der Waals surface area contributed by atoms with E-state index in [4.69, 9.17) is 5.73 Å². The van der Waals surface area contributed by atoms with E-state index in [1.165, 1.54) is 17.7 Å². The lowest BCUT2D eigenvalue weighted by Gasteiger charge is -2.24. The zero-order valence-electron chi connectivity index (χ0n) is 19.4. The van der Waals surface area contributed by atoms with Crippen molar-refractivity contribution in [3.05, 3.63) is 58.6 Å². The molecule has 2 aliphatic rings. The van der Waals surface area contributed by atoms with Crippen molar-refractivity contribution < 1.29 is 9.90 Å². The minimum Gasteiger partial charge on any atom is -0.393 e. The highest BCUT2D eigenvalue weighted by Gasteiger charge is 2.25. The van der Waals surface area contributed by atoms with Crippen LogP contribution in [0.4, 0.5) is 10.9 Å². The van der Waals surface area contributed by atoms with Gasteiger partial charge < -0.3 is 10.8 Å². The lowest BCUT2D eigenvalue weighted by Crippen LogP contribution is -2.18. The quantitative estimate of drug-likeness (QED) is 0.387. The number of anilines is 2. The predicted octanol–water partition coefficient (Wildman–Crippen LogP) is 4.58. The number of nitrogens with two attached hydrogens (primary N) is 1. The molecule has 0 atom stereocenters. The second-order valence-corrected chi connectivity index (χ2v) is 10.6. The number of aromatic nitrogens is 4. The van der Waals surface area contributed by atoms with Crippen LogP contribution in [-0.2, 0) is 12.8 Å². The first-order valence-electron chi connectivity index (χ1n) is 12.3. The van der Waals surface area contributed by atoms with Gasteiger partial charge in [-0.15, -0.1) is 11.3 Å². The van der Waals surface area contributed by atoms with Gasteiger partial charge in [-0.25, -0.2) is 15.0 Å². The Morgan fingerprint density at radius 3 is 2.63 bits per heavy atom. The van der Waals surface area contributed by atoms with Crippen molar-refractivity contribution in [2.75, 3.05) is 11.1 Å². The van der Waals surface area contributed by atoms with Crippen molar-refractivity contribution >= 4 is 33.7 Å². The van der Waals surface area contributed by atoms with Crippen LogP contribution >= 0.6 is 11.3 Å². The van der Waals surface area contributed by atoms with Crippen molar-refractivity contribution in [2.45, 2.75) is 63.4 Å². The van der Waals surface area contributed by atoms with E-state index in [2.05, 4.69) is 20.3 Å². The molecule has 3 heterocycles. The molecule has 1 aromatic carbocycles. The van der Waals surface area contributed by atoms with Crippen molar-refractivity contribution in [1.29, 1.82) is 0 Å². The Morgan fingerprint density at radius 2 is 1.86 bits per heavy atom. The van der Waals surface area contributed by atoms with Gasteiger partial charge in [-0.05, 0) is 63.5 Å². The number of rotatable bonds is 4. The number of carbonyl (C=O) groups excluding carboxylic acids is 1.